The Labute approximate surface area is 238 Å². The van der Waals surface area contributed by atoms with Crippen molar-refractivity contribution in [2.75, 3.05) is 0 Å². The SMILES string of the molecule is CC.c1ccc(-c2ccc3[nH]c4c(-c5cccc(-c6cccc7c6sc6ccccc67)c5)cccc4c3c2)cc1. The molecular weight excluding hydrogens is 502 g/mol. The van der Waals surface area contributed by atoms with Crippen molar-refractivity contribution in [2.24, 2.45) is 0 Å². The van der Waals surface area contributed by atoms with Gasteiger partial charge in [-0.15, -0.1) is 11.3 Å². The third kappa shape index (κ3) is 4.00. The number of H-pyrrole nitrogens is 1. The van der Waals surface area contributed by atoms with E-state index in [0.29, 0.717) is 0 Å². The number of rotatable bonds is 3. The molecule has 0 fully saturated rings. The van der Waals surface area contributed by atoms with Crippen molar-refractivity contribution in [1.29, 1.82) is 0 Å². The third-order valence-corrected chi connectivity index (χ3v) is 8.85. The second kappa shape index (κ2) is 10.1. The average molecular weight is 532 g/mol. The Morgan fingerprint density at radius 1 is 0.450 bits per heavy atom. The molecule has 2 heterocycles. The van der Waals surface area contributed by atoms with Gasteiger partial charge in [0.05, 0.1) is 5.52 Å². The first-order valence-corrected chi connectivity index (χ1v) is 14.8. The van der Waals surface area contributed by atoms with Gasteiger partial charge in [0.25, 0.3) is 0 Å². The molecule has 0 aliphatic heterocycles. The summed E-state index contributed by atoms with van der Waals surface area (Å²) in [4.78, 5) is 3.73. The summed E-state index contributed by atoms with van der Waals surface area (Å²) in [6.45, 7) is 4.00. The number of aromatic nitrogens is 1. The van der Waals surface area contributed by atoms with Gasteiger partial charge >= 0.3 is 0 Å². The minimum atomic E-state index is 1.17. The average Bonchev–Trinajstić information content (AvgIpc) is 3.60. The molecule has 0 amide bonds. The molecule has 0 saturated heterocycles. The summed E-state index contributed by atoms with van der Waals surface area (Å²) in [5.74, 6) is 0. The van der Waals surface area contributed by atoms with Crippen molar-refractivity contribution < 1.29 is 0 Å². The number of fused-ring (bicyclic) bond motifs is 6. The molecule has 0 saturated carbocycles. The van der Waals surface area contributed by atoms with Crippen molar-refractivity contribution in [3.05, 3.63) is 133 Å². The van der Waals surface area contributed by atoms with Gasteiger partial charge in [-0.3, -0.25) is 0 Å². The van der Waals surface area contributed by atoms with E-state index in [9.17, 15) is 0 Å². The van der Waals surface area contributed by atoms with Crippen LogP contribution in [0.15, 0.2) is 133 Å². The molecule has 40 heavy (non-hydrogen) atoms. The maximum atomic E-state index is 3.73. The third-order valence-electron chi connectivity index (χ3n) is 7.63. The Morgan fingerprint density at radius 3 is 1.95 bits per heavy atom. The van der Waals surface area contributed by atoms with E-state index in [0.717, 1.165) is 0 Å². The molecule has 8 rings (SSSR count). The molecule has 0 atom stereocenters. The summed E-state index contributed by atoms with van der Waals surface area (Å²) in [6, 6.07) is 48.4. The van der Waals surface area contributed by atoms with Gasteiger partial charge in [-0.1, -0.05) is 123 Å². The summed E-state index contributed by atoms with van der Waals surface area (Å²) in [5, 5.41) is 5.19. The standard InChI is InChI=1S/C36H23NS.C2H6/c1-2-9-23(10-3-1)24-19-20-33-32(22-24)30-16-7-14-27(35(30)37-33)25-11-6-12-26(21-25)28-15-8-17-31-29-13-4-5-18-34(29)38-36(28)31;1-2/h1-22,37H;1-2H3. The quantitative estimate of drug-likeness (QED) is 0.233. The van der Waals surface area contributed by atoms with Gasteiger partial charge in [0.15, 0.2) is 0 Å². The molecule has 8 aromatic rings. The monoisotopic (exact) mass is 531 g/mol. The van der Waals surface area contributed by atoms with Crippen molar-refractivity contribution in [3.63, 3.8) is 0 Å². The van der Waals surface area contributed by atoms with Crippen molar-refractivity contribution in [1.82, 2.24) is 4.98 Å². The maximum Gasteiger partial charge on any atom is 0.0544 e. The highest BCUT2D eigenvalue weighted by Gasteiger charge is 2.14. The van der Waals surface area contributed by atoms with Crippen LogP contribution in [0.1, 0.15) is 13.8 Å². The number of thiophene rings is 1. The molecule has 1 N–H and O–H groups in total. The fraction of sp³-hybridized carbons (Fsp3) is 0.0526. The van der Waals surface area contributed by atoms with Crippen molar-refractivity contribution >= 4 is 53.3 Å². The predicted octanol–water partition coefficient (Wildman–Crippen LogP) is 11.7. The van der Waals surface area contributed by atoms with Gasteiger partial charge in [-0.2, -0.15) is 0 Å². The van der Waals surface area contributed by atoms with Gasteiger partial charge < -0.3 is 4.98 Å². The Kier molecular flexibility index (Phi) is 6.18. The smallest absolute Gasteiger partial charge is 0.0544 e. The van der Waals surface area contributed by atoms with Crippen LogP contribution in [0.5, 0.6) is 0 Å². The molecule has 0 aliphatic carbocycles. The summed E-state index contributed by atoms with van der Waals surface area (Å²) in [6.07, 6.45) is 0. The first kappa shape index (κ1) is 24.4. The van der Waals surface area contributed by atoms with Crippen LogP contribution in [-0.4, -0.2) is 4.98 Å². The zero-order valence-corrected chi connectivity index (χ0v) is 23.4. The molecule has 0 radical (unpaired) electrons. The molecule has 6 aromatic carbocycles. The van der Waals surface area contributed by atoms with Crippen LogP contribution in [0.2, 0.25) is 0 Å². The van der Waals surface area contributed by atoms with E-state index in [1.54, 1.807) is 0 Å². The molecule has 0 spiro atoms. The van der Waals surface area contributed by atoms with E-state index in [4.69, 9.17) is 0 Å². The number of para-hydroxylation sites is 1. The molecule has 0 unspecified atom stereocenters. The highest BCUT2D eigenvalue weighted by atomic mass is 32.1. The molecule has 0 bridgehead atoms. The van der Waals surface area contributed by atoms with E-state index in [2.05, 4.69) is 138 Å². The Morgan fingerprint density at radius 2 is 1.10 bits per heavy atom. The van der Waals surface area contributed by atoms with Gasteiger partial charge in [0.2, 0.25) is 0 Å². The van der Waals surface area contributed by atoms with Crippen molar-refractivity contribution in [2.45, 2.75) is 13.8 Å². The van der Waals surface area contributed by atoms with Crippen LogP contribution >= 0.6 is 11.3 Å². The van der Waals surface area contributed by atoms with E-state index in [1.807, 2.05) is 25.2 Å². The highest BCUT2D eigenvalue weighted by Crippen LogP contribution is 2.41. The van der Waals surface area contributed by atoms with Crippen LogP contribution in [0.4, 0.5) is 0 Å². The van der Waals surface area contributed by atoms with Crippen LogP contribution in [0.25, 0.3) is 75.4 Å². The lowest BCUT2D eigenvalue weighted by atomic mass is 9.96. The fourth-order valence-electron chi connectivity index (χ4n) is 5.80. The van der Waals surface area contributed by atoms with E-state index in [-0.39, 0.29) is 0 Å². The lowest BCUT2D eigenvalue weighted by Crippen LogP contribution is -1.83. The summed E-state index contributed by atoms with van der Waals surface area (Å²) in [5.41, 5.74) is 9.82. The lowest BCUT2D eigenvalue weighted by molar-refractivity contribution is 1.50. The topological polar surface area (TPSA) is 15.8 Å². The van der Waals surface area contributed by atoms with Crippen LogP contribution in [-0.2, 0) is 0 Å². The first-order valence-electron chi connectivity index (χ1n) is 13.9. The van der Waals surface area contributed by atoms with Crippen LogP contribution < -0.4 is 0 Å². The molecular formula is C38H29NS. The molecule has 2 aromatic heterocycles. The fourth-order valence-corrected chi connectivity index (χ4v) is 7.04. The molecule has 192 valence electrons. The van der Waals surface area contributed by atoms with Crippen molar-refractivity contribution in [3.8, 4) is 33.4 Å². The Bertz CT molecular complexity index is 2130. The largest absolute Gasteiger partial charge is 0.354 e. The number of hydrogen-bond acceptors (Lipinski definition) is 1. The predicted molar refractivity (Wildman–Crippen MR) is 176 cm³/mol. The summed E-state index contributed by atoms with van der Waals surface area (Å²) in [7, 11) is 0. The summed E-state index contributed by atoms with van der Waals surface area (Å²) >= 11 is 1.88. The van der Waals surface area contributed by atoms with E-state index in [1.165, 1.54) is 75.4 Å². The molecule has 1 nitrogen and oxygen atoms in total. The number of hydrogen-bond donors (Lipinski definition) is 1. The molecule has 0 aliphatic rings. The Balaban J connectivity index is 0.00000130. The van der Waals surface area contributed by atoms with E-state index >= 15 is 0 Å². The lowest BCUT2D eigenvalue weighted by Gasteiger charge is -2.08. The van der Waals surface area contributed by atoms with Gasteiger partial charge in [-0.25, -0.2) is 0 Å². The minimum absolute atomic E-state index is 1.17. The summed E-state index contributed by atoms with van der Waals surface area (Å²) < 4.78 is 2.69. The highest BCUT2D eigenvalue weighted by molar-refractivity contribution is 7.26. The zero-order chi connectivity index (χ0) is 27.1. The van der Waals surface area contributed by atoms with E-state index < -0.39 is 0 Å². The first-order chi connectivity index (χ1) is 19.8. The second-order valence-corrected chi connectivity index (χ2v) is 10.9. The normalized spacial score (nSPS) is 11.2. The number of nitrogens with one attached hydrogen (secondary N) is 1. The molecule has 2 heteroatoms. The Hall–Kier alpha value is -4.66. The van der Waals surface area contributed by atoms with Gasteiger partial charge in [-0.05, 0) is 52.1 Å². The minimum Gasteiger partial charge on any atom is -0.354 e. The maximum absolute atomic E-state index is 3.73. The van der Waals surface area contributed by atoms with Gasteiger partial charge in [0, 0.05) is 42.0 Å². The van der Waals surface area contributed by atoms with Gasteiger partial charge in [0.1, 0.15) is 0 Å². The second-order valence-electron chi connectivity index (χ2n) is 9.84. The zero-order valence-electron chi connectivity index (χ0n) is 22.6. The van der Waals surface area contributed by atoms with Crippen LogP contribution in [0.3, 0.4) is 0 Å². The number of benzene rings is 6. The van der Waals surface area contributed by atoms with Crippen LogP contribution in [0, 0.1) is 0 Å². The number of aromatic amines is 1.